The zero-order valence-electron chi connectivity index (χ0n) is 19.1. The molecule has 0 aliphatic heterocycles. The molecular formula is C25H22F4N2O2S2. The molecule has 0 unspecified atom stereocenters. The summed E-state index contributed by atoms with van der Waals surface area (Å²) in [5.41, 5.74) is 0.150. The summed E-state index contributed by atoms with van der Waals surface area (Å²) in [6, 6.07) is 15.9. The van der Waals surface area contributed by atoms with E-state index in [1.54, 1.807) is 37.2 Å². The first-order valence-corrected chi connectivity index (χ1v) is 12.8. The number of thiophene rings is 1. The maximum Gasteiger partial charge on any atom is 0.419 e. The molecule has 3 aromatic carbocycles. The third-order valence-corrected chi connectivity index (χ3v) is 8.59. The lowest BCUT2D eigenvalue weighted by atomic mass is 10.1. The van der Waals surface area contributed by atoms with Gasteiger partial charge in [-0.3, -0.25) is 4.31 Å². The van der Waals surface area contributed by atoms with Crippen LogP contribution in [0.5, 0.6) is 0 Å². The van der Waals surface area contributed by atoms with E-state index in [2.05, 4.69) is 0 Å². The molecule has 1 aromatic heterocycles. The highest BCUT2D eigenvalue weighted by atomic mass is 32.2. The van der Waals surface area contributed by atoms with Crippen LogP contribution >= 0.6 is 11.3 Å². The minimum atomic E-state index is -4.91. The van der Waals surface area contributed by atoms with Gasteiger partial charge in [-0.25, -0.2) is 12.8 Å². The Morgan fingerprint density at radius 1 is 0.943 bits per heavy atom. The monoisotopic (exact) mass is 522 g/mol. The lowest BCUT2D eigenvalue weighted by Crippen LogP contribution is -2.31. The highest BCUT2D eigenvalue weighted by Gasteiger charge is 2.35. The van der Waals surface area contributed by atoms with E-state index in [1.807, 2.05) is 25.1 Å². The molecule has 0 N–H and O–H groups in total. The number of hydrogen-bond acceptors (Lipinski definition) is 4. The predicted octanol–water partition coefficient (Wildman–Crippen LogP) is 6.83. The molecule has 1 heterocycles. The van der Waals surface area contributed by atoms with Crippen LogP contribution in [0.3, 0.4) is 0 Å². The van der Waals surface area contributed by atoms with Crippen LogP contribution in [0.1, 0.15) is 16.7 Å². The van der Waals surface area contributed by atoms with E-state index in [0.29, 0.717) is 22.8 Å². The summed E-state index contributed by atoms with van der Waals surface area (Å²) in [4.78, 5) is 1.79. The summed E-state index contributed by atoms with van der Waals surface area (Å²) in [5, 5.41) is 1.22. The molecule has 0 spiro atoms. The van der Waals surface area contributed by atoms with Crippen LogP contribution in [0, 0.1) is 12.7 Å². The van der Waals surface area contributed by atoms with Crippen molar-refractivity contribution in [1.29, 1.82) is 0 Å². The van der Waals surface area contributed by atoms with Crippen molar-refractivity contribution in [3.8, 4) is 0 Å². The second-order valence-corrected chi connectivity index (χ2v) is 11.1. The average Bonchev–Trinajstić information content (AvgIpc) is 3.19. The predicted molar refractivity (Wildman–Crippen MR) is 132 cm³/mol. The first-order valence-electron chi connectivity index (χ1n) is 10.5. The van der Waals surface area contributed by atoms with Crippen LogP contribution in [0.15, 0.2) is 71.6 Å². The topological polar surface area (TPSA) is 40.6 Å². The zero-order chi connectivity index (χ0) is 25.5. The molecule has 0 bridgehead atoms. The molecule has 0 saturated carbocycles. The van der Waals surface area contributed by atoms with Crippen LogP contribution in [0.4, 0.5) is 28.3 Å². The van der Waals surface area contributed by atoms with Gasteiger partial charge in [-0.05, 0) is 48.4 Å². The van der Waals surface area contributed by atoms with Crippen molar-refractivity contribution >= 4 is 42.1 Å². The van der Waals surface area contributed by atoms with Crippen molar-refractivity contribution in [2.75, 3.05) is 23.3 Å². The van der Waals surface area contributed by atoms with E-state index in [0.717, 1.165) is 20.0 Å². The lowest BCUT2D eigenvalue weighted by Gasteiger charge is -2.27. The summed E-state index contributed by atoms with van der Waals surface area (Å²) in [5.74, 6) is -1.41. The third-order valence-electron chi connectivity index (χ3n) is 5.55. The SMILES string of the molecule is Cc1cccc2sc(N(Cc3ccc(F)c(C(F)(F)F)c3)S(=O)(=O)c3ccccc3)c(N(C)C)c12. The largest absolute Gasteiger partial charge is 0.419 e. The minimum absolute atomic E-state index is 0.00274. The molecule has 4 aromatic rings. The Hall–Kier alpha value is -3.11. The molecule has 0 atom stereocenters. The van der Waals surface area contributed by atoms with Gasteiger partial charge in [0.05, 0.1) is 22.7 Å². The van der Waals surface area contributed by atoms with Gasteiger partial charge in [0, 0.05) is 24.2 Å². The number of alkyl halides is 3. The van der Waals surface area contributed by atoms with Crippen molar-refractivity contribution in [2.24, 2.45) is 0 Å². The molecule has 0 amide bonds. The molecule has 35 heavy (non-hydrogen) atoms. The van der Waals surface area contributed by atoms with Crippen LogP contribution in [0.2, 0.25) is 0 Å². The molecule has 10 heteroatoms. The fraction of sp³-hybridized carbons (Fsp3) is 0.200. The second kappa shape index (κ2) is 9.16. The van der Waals surface area contributed by atoms with Gasteiger partial charge in [-0.1, -0.05) is 36.4 Å². The molecular weight excluding hydrogens is 500 g/mol. The van der Waals surface area contributed by atoms with Gasteiger partial charge in [0.15, 0.2) is 0 Å². The van der Waals surface area contributed by atoms with Gasteiger partial charge in [-0.2, -0.15) is 13.2 Å². The maximum atomic E-state index is 13.9. The van der Waals surface area contributed by atoms with E-state index in [-0.39, 0.29) is 10.5 Å². The summed E-state index contributed by atoms with van der Waals surface area (Å²) >= 11 is 1.24. The van der Waals surface area contributed by atoms with E-state index in [4.69, 9.17) is 0 Å². The van der Waals surface area contributed by atoms with E-state index in [1.165, 1.54) is 29.5 Å². The molecule has 0 saturated heterocycles. The number of nitrogens with zero attached hydrogens (tertiary/aromatic N) is 2. The lowest BCUT2D eigenvalue weighted by molar-refractivity contribution is -0.140. The Kier molecular flexibility index (Phi) is 6.54. The van der Waals surface area contributed by atoms with Crippen LogP contribution in [-0.2, 0) is 22.7 Å². The molecule has 4 nitrogen and oxygen atoms in total. The van der Waals surface area contributed by atoms with Crippen LogP contribution in [-0.4, -0.2) is 22.5 Å². The van der Waals surface area contributed by atoms with E-state index >= 15 is 0 Å². The summed E-state index contributed by atoms with van der Waals surface area (Å²) in [6.45, 7) is 1.50. The maximum absolute atomic E-state index is 13.9. The molecule has 0 radical (unpaired) electrons. The smallest absolute Gasteiger partial charge is 0.375 e. The fourth-order valence-corrected chi connectivity index (χ4v) is 6.96. The Labute approximate surface area is 205 Å². The number of rotatable bonds is 6. The van der Waals surface area contributed by atoms with Crippen molar-refractivity contribution in [3.05, 3.63) is 89.2 Å². The van der Waals surface area contributed by atoms with Gasteiger partial charge in [0.2, 0.25) is 0 Å². The van der Waals surface area contributed by atoms with Crippen molar-refractivity contribution in [3.63, 3.8) is 0 Å². The molecule has 0 aliphatic rings. The van der Waals surface area contributed by atoms with Crippen LogP contribution in [0.25, 0.3) is 10.1 Å². The summed E-state index contributed by atoms with van der Waals surface area (Å²) < 4.78 is 83.6. The van der Waals surface area contributed by atoms with Crippen molar-refractivity contribution in [2.45, 2.75) is 24.5 Å². The minimum Gasteiger partial charge on any atom is -0.375 e. The van der Waals surface area contributed by atoms with Gasteiger partial charge < -0.3 is 4.90 Å². The average molecular weight is 523 g/mol. The number of fused-ring (bicyclic) bond motifs is 1. The Morgan fingerprint density at radius 2 is 1.63 bits per heavy atom. The zero-order valence-corrected chi connectivity index (χ0v) is 20.7. The molecule has 0 aliphatic carbocycles. The van der Waals surface area contributed by atoms with Gasteiger partial charge in [0.25, 0.3) is 10.0 Å². The second-order valence-electron chi connectivity index (χ2n) is 8.23. The van der Waals surface area contributed by atoms with Crippen molar-refractivity contribution < 1.29 is 26.0 Å². The first-order chi connectivity index (χ1) is 16.4. The van der Waals surface area contributed by atoms with Crippen molar-refractivity contribution in [1.82, 2.24) is 0 Å². The molecule has 184 valence electrons. The number of sulfonamides is 1. The van der Waals surface area contributed by atoms with E-state index < -0.39 is 34.1 Å². The van der Waals surface area contributed by atoms with E-state index in [9.17, 15) is 26.0 Å². The summed E-state index contributed by atoms with van der Waals surface area (Å²) in [6.07, 6.45) is -4.91. The highest BCUT2D eigenvalue weighted by Crippen LogP contribution is 2.47. The number of benzene rings is 3. The number of hydrogen-bond donors (Lipinski definition) is 0. The van der Waals surface area contributed by atoms with Crippen LogP contribution < -0.4 is 9.21 Å². The van der Waals surface area contributed by atoms with Gasteiger partial charge >= 0.3 is 6.18 Å². The Morgan fingerprint density at radius 3 is 2.26 bits per heavy atom. The quantitative estimate of drug-likeness (QED) is 0.261. The molecule has 0 fully saturated rings. The number of aryl methyl sites for hydroxylation is 1. The Balaban J connectivity index is 1.96. The van der Waals surface area contributed by atoms with Gasteiger partial charge in [-0.15, -0.1) is 11.3 Å². The third kappa shape index (κ3) is 4.72. The fourth-order valence-electron chi connectivity index (χ4n) is 3.91. The highest BCUT2D eigenvalue weighted by molar-refractivity contribution is 7.93. The molecule has 4 rings (SSSR count). The van der Waals surface area contributed by atoms with Gasteiger partial charge in [0.1, 0.15) is 10.8 Å². The standard InChI is InChI=1S/C25H22F4N2O2S2/c1-16-8-7-11-21-22(16)23(30(2)3)24(34-21)31(35(32,33)18-9-5-4-6-10-18)15-17-12-13-20(26)19(14-17)25(27,28)29/h4-14H,15H2,1-3H3. The number of anilines is 2. The summed E-state index contributed by atoms with van der Waals surface area (Å²) in [7, 11) is -0.621. The number of halogens is 4. The normalized spacial score (nSPS) is 12.2. The first kappa shape index (κ1) is 25.0. The Bertz CT molecular complexity index is 1480.